The van der Waals surface area contributed by atoms with E-state index in [0.717, 1.165) is 19.5 Å². The molecule has 3 N–H and O–H groups in total. The fourth-order valence-electron chi connectivity index (χ4n) is 4.36. The lowest BCUT2D eigenvalue weighted by molar-refractivity contribution is -0.138. The van der Waals surface area contributed by atoms with Gasteiger partial charge < -0.3 is 20.6 Å². The Hall–Kier alpha value is -2.97. The van der Waals surface area contributed by atoms with Crippen LogP contribution in [0.15, 0.2) is 42.6 Å². The molecule has 0 aliphatic carbocycles. The van der Waals surface area contributed by atoms with Crippen LogP contribution in [0.3, 0.4) is 0 Å². The molecule has 0 saturated carbocycles. The van der Waals surface area contributed by atoms with Crippen LogP contribution >= 0.6 is 0 Å². The van der Waals surface area contributed by atoms with Gasteiger partial charge >= 0.3 is 0 Å². The Morgan fingerprint density at radius 3 is 2.70 bits per heavy atom. The molecule has 8 heteroatoms. The number of aliphatic hydroxyl groups is 1. The third-order valence-corrected chi connectivity index (χ3v) is 6.24. The summed E-state index contributed by atoms with van der Waals surface area (Å²) in [5.74, 6) is 0.518. The maximum Gasteiger partial charge on any atom is 0.251 e. The van der Waals surface area contributed by atoms with Crippen LogP contribution in [0.25, 0.3) is 0 Å². The molecule has 0 spiro atoms. The van der Waals surface area contributed by atoms with Crippen LogP contribution in [0.4, 0.5) is 5.82 Å². The van der Waals surface area contributed by atoms with E-state index in [2.05, 4.69) is 38.7 Å². The number of nitrogens with zero attached hydrogens (tertiary/aromatic N) is 3. The molecule has 1 fully saturated rings. The van der Waals surface area contributed by atoms with Gasteiger partial charge in [-0.1, -0.05) is 38.1 Å². The molecule has 33 heavy (non-hydrogen) atoms. The fourth-order valence-corrected chi connectivity index (χ4v) is 4.36. The minimum absolute atomic E-state index is 0.00262. The summed E-state index contributed by atoms with van der Waals surface area (Å²) in [4.78, 5) is 32.9. The van der Waals surface area contributed by atoms with Gasteiger partial charge in [0.25, 0.3) is 5.91 Å². The quantitative estimate of drug-likeness (QED) is 0.563. The van der Waals surface area contributed by atoms with Crippen LogP contribution in [0.1, 0.15) is 35.3 Å². The first kappa shape index (κ1) is 23.2. The number of carbonyl (C=O) groups excluding carboxylic acids is 2. The molecular formula is C25H33N5O3. The molecular weight excluding hydrogens is 418 g/mol. The van der Waals surface area contributed by atoms with Crippen LogP contribution < -0.4 is 10.6 Å². The fraction of sp³-hybridized carbons (Fsp3) is 0.480. The van der Waals surface area contributed by atoms with Crippen LogP contribution in [-0.4, -0.2) is 76.6 Å². The van der Waals surface area contributed by atoms with Crippen molar-refractivity contribution < 1.29 is 14.7 Å². The van der Waals surface area contributed by atoms with Gasteiger partial charge in [-0.05, 0) is 29.7 Å². The Balaban J connectivity index is 1.22. The zero-order chi connectivity index (χ0) is 23.4. The summed E-state index contributed by atoms with van der Waals surface area (Å²) in [6, 6.07) is 11.9. The largest absolute Gasteiger partial charge is 0.390 e. The molecule has 1 atom stereocenters. The van der Waals surface area contributed by atoms with Crippen molar-refractivity contribution in [3.63, 3.8) is 0 Å². The number of carbonyl (C=O) groups is 2. The predicted molar refractivity (Wildman–Crippen MR) is 127 cm³/mol. The number of amides is 2. The predicted octanol–water partition coefficient (Wildman–Crippen LogP) is 1.51. The number of rotatable bonds is 8. The number of aliphatic hydroxyl groups excluding tert-OH is 1. The number of benzene rings is 1. The summed E-state index contributed by atoms with van der Waals surface area (Å²) < 4.78 is 0. The number of pyridine rings is 1. The molecule has 0 bridgehead atoms. The number of β-amino-alcohol motifs (C(OH)–C–C–N with tert-alkyl or cyclic N) is 1. The Morgan fingerprint density at radius 2 is 1.94 bits per heavy atom. The summed E-state index contributed by atoms with van der Waals surface area (Å²) >= 11 is 0. The van der Waals surface area contributed by atoms with E-state index in [1.807, 2.05) is 24.8 Å². The molecule has 8 nitrogen and oxygen atoms in total. The number of nitrogens with one attached hydrogen (secondary N) is 2. The highest BCUT2D eigenvalue weighted by atomic mass is 16.3. The minimum Gasteiger partial charge on any atom is -0.390 e. The maximum atomic E-state index is 12.6. The Labute approximate surface area is 195 Å². The third-order valence-electron chi connectivity index (χ3n) is 6.24. The maximum absolute atomic E-state index is 12.6. The molecule has 1 aromatic carbocycles. The molecule has 1 aromatic heterocycles. The molecule has 2 aliphatic heterocycles. The normalized spacial score (nSPS) is 17.3. The molecule has 0 radical (unpaired) electrons. The first-order chi connectivity index (χ1) is 15.9. The van der Waals surface area contributed by atoms with E-state index in [4.69, 9.17) is 0 Å². The van der Waals surface area contributed by atoms with Gasteiger partial charge in [-0.2, -0.15) is 0 Å². The van der Waals surface area contributed by atoms with E-state index in [0.29, 0.717) is 31.0 Å². The van der Waals surface area contributed by atoms with E-state index in [1.165, 1.54) is 11.1 Å². The molecule has 4 rings (SSSR count). The van der Waals surface area contributed by atoms with Crippen molar-refractivity contribution in [1.29, 1.82) is 0 Å². The first-order valence-electron chi connectivity index (χ1n) is 11.7. The van der Waals surface area contributed by atoms with Crippen molar-refractivity contribution in [2.75, 3.05) is 38.0 Å². The first-order valence-corrected chi connectivity index (χ1v) is 11.7. The average molecular weight is 452 g/mol. The second-order valence-electron chi connectivity index (χ2n) is 9.29. The Morgan fingerprint density at radius 1 is 1.18 bits per heavy atom. The summed E-state index contributed by atoms with van der Waals surface area (Å²) in [7, 11) is 0. The Bertz CT molecular complexity index is 990. The van der Waals surface area contributed by atoms with Gasteiger partial charge in [0.05, 0.1) is 12.1 Å². The molecule has 2 amide bonds. The number of fused-ring (bicyclic) bond motifs is 1. The lowest BCUT2D eigenvalue weighted by Gasteiger charge is -2.40. The molecule has 3 heterocycles. The summed E-state index contributed by atoms with van der Waals surface area (Å²) in [5.41, 5.74) is 3.17. The van der Waals surface area contributed by atoms with Gasteiger partial charge in [0.2, 0.25) is 5.91 Å². The molecule has 2 aliphatic rings. The van der Waals surface area contributed by atoms with Crippen molar-refractivity contribution in [2.24, 2.45) is 5.92 Å². The van der Waals surface area contributed by atoms with E-state index in [1.54, 1.807) is 18.3 Å². The highest BCUT2D eigenvalue weighted by Gasteiger charge is 2.31. The summed E-state index contributed by atoms with van der Waals surface area (Å²) in [5, 5.41) is 16.6. The summed E-state index contributed by atoms with van der Waals surface area (Å²) in [6.45, 7) is 7.52. The molecule has 2 aromatic rings. The standard InChI is InChI=1S/C25H33N5O3/c1-17(2)25(33)30-14-21(15-30)28-23-11-19(7-9-26-23)24(32)27-12-22(31)16-29-10-8-18-5-3-4-6-20(18)13-29/h3-7,9,11,17,21-22,31H,8,10,12-16H2,1-2H3,(H,26,28)(H,27,32)/t22-/m0/s1. The monoisotopic (exact) mass is 451 g/mol. The highest BCUT2D eigenvalue weighted by Crippen LogP contribution is 2.19. The lowest BCUT2D eigenvalue weighted by Crippen LogP contribution is -2.58. The second kappa shape index (κ2) is 10.3. The number of aromatic nitrogens is 1. The highest BCUT2D eigenvalue weighted by molar-refractivity contribution is 5.94. The van der Waals surface area contributed by atoms with Crippen molar-refractivity contribution in [3.05, 3.63) is 59.3 Å². The number of likely N-dealkylation sites (tertiary alicyclic amines) is 1. The average Bonchev–Trinajstić information content (AvgIpc) is 2.79. The van der Waals surface area contributed by atoms with Crippen molar-refractivity contribution in [3.8, 4) is 0 Å². The summed E-state index contributed by atoms with van der Waals surface area (Å²) in [6.07, 6.45) is 1.93. The molecule has 1 saturated heterocycles. The lowest BCUT2D eigenvalue weighted by atomic mass is 10.00. The van der Waals surface area contributed by atoms with E-state index in [9.17, 15) is 14.7 Å². The van der Waals surface area contributed by atoms with Crippen LogP contribution in [0, 0.1) is 5.92 Å². The van der Waals surface area contributed by atoms with Gasteiger partial charge in [0.1, 0.15) is 5.82 Å². The van der Waals surface area contributed by atoms with Gasteiger partial charge in [-0.25, -0.2) is 4.98 Å². The zero-order valence-electron chi connectivity index (χ0n) is 19.3. The van der Waals surface area contributed by atoms with Gasteiger partial charge in [-0.3, -0.25) is 14.5 Å². The Kier molecular flexibility index (Phi) is 7.25. The van der Waals surface area contributed by atoms with Crippen LogP contribution in [-0.2, 0) is 17.8 Å². The van der Waals surface area contributed by atoms with Gasteiger partial charge in [0.15, 0.2) is 0 Å². The third kappa shape index (κ3) is 5.89. The molecule has 0 unspecified atom stereocenters. The smallest absolute Gasteiger partial charge is 0.251 e. The number of hydrogen-bond donors (Lipinski definition) is 3. The van der Waals surface area contributed by atoms with Crippen molar-refractivity contribution in [1.82, 2.24) is 20.1 Å². The van der Waals surface area contributed by atoms with Crippen molar-refractivity contribution >= 4 is 17.6 Å². The number of hydrogen-bond acceptors (Lipinski definition) is 6. The SMILES string of the molecule is CC(C)C(=O)N1CC(Nc2cc(C(=O)NC[C@H](O)CN3CCc4ccccc4C3)ccn2)C1. The van der Waals surface area contributed by atoms with Gasteiger partial charge in [0, 0.05) is 56.9 Å². The van der Waals surface area contributed by atoms with Crippen LogP contribution in [0.2, 0.25) is 0 Å². The van der Waals surface area contributed by atoms with E-state index < -0.39 is 6.10 Å². The topological polar surface area (TPSA) is 97.8 Å². The van der Waals surface area contributed by atoms with E-state index in [-0.39, 0.29) is 30.3 Å². The molecule has 176 valence electrons. The van der Waals surface area contributed by atoms with Crippen LogP contribution in [0.5, 0.6) is 0 Å². The second-order valence-corrected chi connectivity index (χ2v) is 9.29. The number of anilines is 1. The van der Waals surface area contributed by atoms with Gasteiger partial charge in [-0.15, -0.1) is 0 Å². The van der Waals surface area contributed by atoms with E-state index >= 15 is 0 Å². The zero-order valence-corrected chi connectivity index (χ0v) is 19.3. The minimum atomic E-state index is -0.641. The van der Waals surface area contributed by atoms with Crippen molar-refractivity contribution in [2.45, 2.75) is 39.0 Å².